The highest BCUT2D eigenvalue weighted by Gasteiger charge is 2.10. The molecule has 4 heteroatoms. The lowest BCUT2D eigenvalue weighted by Gasteiger charge is -2.13. The van der Waals surface area contributed by atoms with E-state index < -0.39 is 0 Å². The SMILES string of the molecule is Cc1cc(C)c(NC(=O)CSc2cc(C)c3ccccc3n2)c(C)c1. The van der Waals surface area contributed by atoms with Crippen LogP contribution in [0.15, 0.2) is 47.5 Å². The number of nitrogens with zero attached hydrogens (tertiary/aromatic N) is 1. The zero-order valence-electron chi connectivity index (χ0n) is 15.0. The van der Waals surface area contributed by atoms with Gasteiger partial charge in [-0.1, -0.05) is 47.7 Å². The van der Waals surface area contributed by atoms with Gasteiger partial charge >= 0.3 is 0 Å². The lowest BCUT2D eigenvalue weighted by molar-refractivity contribution is -0.113. The van der Waals surface area contributed by atoms with Crippen molar-refractivity contribution in [2.75, 3.05) is 11.1 Å². The van der Waals surface area contributed by atoms with Gasteiger partial charge in [0.05, 0.1) is 16.3 Å². The van der Waals surface area contributed by atoms with Crippen LogP contribution >= 0.6 is 11.8 Å². The Kier molecular flexibility index (Phi) is 5.09. The minimum absolute atomic E-state index is 0.00679. The average molecular weight is 350 g/mol. The molecule has 1 amide bonds. The number of rotatable bonds is 4. The molecule has 3 aromatic rings. The second kappa shape index (κ2) is 7.28. The van der Waals surface area contributed by atoms with Gasteiger partial charge in [0.15, 0.2) is 0 Å². The molecule has 1 aromatic heterocycles. The summed E-state index contributed by atoms with van der Waals surface area (Å²) in [7, 11) is 0. The van der Waals surface area contributed by atoms with Gasteiger partial charge in [0, 0.05) is 11.1 Å². The number of benzene rings is 2. The quantitative estimate of drug-likeness (QED) is 0.658. The van der Waals surface area contributed by atoms with Crippen molar-refractivity contribution in [2.45, 2.75) is 32.7 Å². The summed E-state index contributed by atoms with van der Waals surface area (Å²) in [6, 6.07) is 14.3. The number of pyridine rings is 1. The normalized spacial score (nSPS) is 10.9. The van der Waals surface area contributed by atoms with Crippen molar-refractivity contribution >= 4 is 34.3 Å². The molecule has 2 aromatic carbocycles. The summed E-state index contributed by atoms with van der Waals surface area (Å²) in [6.07, 6.45) is 0. The molecule has 0 bridgehead atoms. The van der Waals surface area contributed by atoms with E-state index in [9.17, 15) is 4.79 Å². The summed E-state index contributed by atoms with van der Waals surface area (Å²) < 4.78 is 0. The van der Waals surface area contributed by atoms with E-state index in [4.69, 9.17) is 0 Å². The van der Waals surface area contributed by atoms with Crippen molar-refractivity contribution in [3.05, 3.63) is 64.7 Å². The topological polar surface area (TPSA) is 42.0 Å². The van der Waals surface area contributed by atoms with Crippen LogP contribution in [0.25, 0.3) is 10.9 Å². The van der Waals surface area contributed by atoms with E-state index in [1.165, 1.54) is 22.9 Å². The first-order valence-corrected chi connectivity index (χ1v) is 9.29. The molecule has 3 nitrogen and oxygen atoms in total. The number of carbonyl (C=O) groups is 1. The van der Waals surface area contributed by atoms with Crippen LogP contribution in [0, 0.1) is 27.7 Å². The fourth-order valence-corrected chi connectivity index (χ4v) is 3.86. The minimum Gasteiger partial charge on any atom is -0.325 e. The van der Waals surface area contributed by atoms with Crippen molar-refractivity contribution < 1.29 is 4.79 Å². The molecule has 0 unspecified atom stereocenters. The maximum absolute atomic E-state index is 12.4. The zero-order valence-corrected chi connectivity index (χ0v) is 15.8. The zero-order chi connectivity index (χ0) is 18.0. The van der Waals surface area contributed by atoms with Crippen LogP contribution in [0.1, 0.15) is 22.3 Å². The molecule has 0 aliphatic heterocycles. The first-order valence-electron chi connectivity index (χ1n) is 8.31. The number of fused-ring (bicyclic) bond motifs is 1. The van der Waals surface area contributed by atoms with Crippen molar-refractivity contribution in [1.29, 1.82) is 0 Å². The molecule has 0 aliphatic rings. The Morgan fingerprint density at radius 3 is 2.40 bits per heavy atom. The van der Waals surface area contributed by atoms with Gasteiger partial charge in [-0.05, 0) is 56.5 Å². The fourth-order valence-electron chi connectivity index (χ4n) is 3.08. The van der Waals surface area contributed by atoms with E-state index in [0.717, 1.165) is 32.7 Å². The molecule has 0 saturated carbocycles. The van der Waals surface area contributed by atoms with Gasteiger partial charge in [-0.2, -0.15) is 0 Å². The summed E-state index contributed by atoms with van der Waals surface area (Å²) in [6.45, 7) is 8.19. The lowest BCUT2D eigenvalue weighted by Crippen LogP contribution is -2.16. The third kappa shape index (κ3) is 4.02. The van der Waals surface area contributed by atoms with Gasteiger partial charge in [-0.15, -0.1) is 0 Å². The molecule has 0 spiro atoms. The number of aryl methyl sites for hydroxylation is 4. The summed E-state index contributed by atoms with van der Waals surface area (Å²) in [5, 5.41) is 5.07. The van der Waals surface area contributed by atoms with Crippen LogP contribution < -0.4 is 5.32 Å². The van der Waals surface area contributed by atoms with Gasteiger partial charge in [0.25, 0.3) is 0 Å². The summed E-state index contributed by atoms with van der Waals surface area (Å²) in [5.41, 5.74) is 6.46. The second-order valence-corrected chi connectivity index (χ2v) is 7.40. The molecule has 25 heavy (non-hydrogen) atoms. The molecule has 0 aliphatic carbocycles. The van der Waals surface area contributed by atoms with Gasteiger partial charge in [-0.25, -0.2) is 4.98 Å². The van der Waals surface area contributed by atoms with Gasteiger partial charge < -0.3 is 5.32 Å². The van der Waals surface area contributed by atoms with Gasteiger partial charge in [0.2, 0.25) is 5.91 Å². The number of carbonyl (C=O) groups excluding carboxylic acids is 1. The van der Waals surface area contributed by atoms with Crippen molar-refractivity contribution in [3.8, 4) is 0 Å². The monoisotopic (exact) mass is 350 g/mol. The van der Waals surface area contributed by atoms with Crippen LogP contribution in [0.2, 0.25) is 0 Å². The number of amides is 1. The highest BCUT2D eigenvalue weighted by molar-refractivity contribution is 7.99. The Bertz CT molecular complexity index is 927. The summed E-state index contributed by atoms with van der Waals surface area (Å²) >= 11 is 1.47. The highest BCUT2D eigenvalue weighted by Crippen LogP contribution is 2.25. The number of para-hydroxylation sites is 1. The molecule has 128 valence electrons. The third-order valence-corrected chi connectivity index (χ3v) is 5.10. The molecule has 0 radical (unpaired) electrons. The summed E-state index contributed by atoms with van der Waals surface area (Å²) in [5.74, 6) is 0.338. The predicted octanol–water partition coefficient (Wildman–Crippen LogP) is 5.20. The Hall–Kier alpha value is -2.33. The van der Waals surface area contributed by atoms with Crippen LogP contribution in [0.5, 0.6) is 0 Å². The number of aromatic nitrogens is 1. The first-order chi connectivity index (χ1) is 11.9. The molecule has 1 heterocycles. The van der Waals surface area contributed by atoms with Crippen molar-refractivity contribution in [2.24, 2.45) is 0 Å². The van der Waals surface area contributed by atoms with Crippen LogP contribution in [0.4, 0.5) is 5.69 Å². The third-order valence-electron chi connectivity index (χ3n) is 4.19. The van der Waals surface area contributed by atoms with E-state index in [1.807, 2.05) is 38.1 Å². The predicted molar refractivity (Wildman–Crippen MR) is 106 cm³/mol. The van der Waals surface area contributed by atoms with E-state index >= 15 is 0 Å². The second-order valence-electron chi connectivity index (χ2n) is 6.41. The van der Waals surface area contributed by atoms with E-state index in [-0.39, 0.29) is 5.91 Å². The maximum Gasteiger partial charge on any atom is 0.234 e. The summed E-state index contributed by atoms with van der Waals surface area (Å²) in [4.78, 5) is 17.0. The number of hydrogen-bond acceptors (Lipinski definition) is 3. The standard InChI is InChI=1S/C21H22N2OS/c1-13-9-15(3)21(16(4)10-13)23-19(24)12-25-20-11-14(2)17-7-5-6-8-18(17)22-20/h5-11H,12H2,1-4H3,(H,23,24). The highest BCUT2D eigenvalue weighted by atomic mass is 32.2. The Labute approximate surface area is 152 Å². The fraction of sp³-hybridized carbons (Fsp3) is 0.238. The average Bonchev–Trinajstić information content (AvgIpc) is 2.56. The van der Waals surface area contributed by atoms with Gasteiger partial charge in [-0.3, -0.25) is 4.79 Å². The van der Waals surface area contributed by atoms with Gasteiger partial charge in [0.1, 0.15) is 0 Å². The van der Waals surface area contributed by atoms with Crippen molar-refractivity contribution in [3.63, 3.8) is 0 Å². The molecule has 1 N–H and O–H groups in total. The smallest absolute Gasteiger partial charge is 0.234 e. The number of thioether (sulfide) groups is 1. The van der Waals surface area contributed by atoms with E-state index in [2.05, 4.69) is 42.3 Å². The Morgan fingerprint density at radius 2 is 1.68 bits per heavy atom. The lowest BCUT2D eigenvalue weighted by atomic mass is 10.1. The number of anilines is 1. The molecule has 0 atom stereocenters. The van der Waals surface area contributed by atoms with Crippen LogP contribution in [-0.2, 0) is 4.79 Å². The first kappa shape index (κ1) is 17.5. The van der Waals surface area contributed by atoms with Crippen LogP contribution in [0.3, 0.4) is 0 Å². The molecule has 0 saturated heterocycles. The maximum atomic E-state index is 12.4. The van der Waals surface area contributed by atoms with Crippen molar-refractivity contribution in [1.82, 2.24) is 4.98 Å². The van der Waals surface area contributed by atoms with E-state index in [1.54, 1.807) is 0 Å². The minimum atomic E-state index is -0.00679. The molecular weight excluding hydrogens is 328 g/mol. The molecule has 0 fully saturated rings. The number of nitrogens with one attached hydrogen (secondary N) is 1. The van der Waals surface area contributed by atoms with E-state index in [0.29, 0.717) is 5.75 Å². The Morgan fingerprint density at radius 1 is 1.00 bits per heavy atom. The Balaban J connectivity index is 1.71. The number of hydrogen-bond donors (Lipinski definition) is 1. The van der Waals surface area contributed by atoms with Crippen LogP contribution in [-0.4, -0.2) is 16.6 Å². The largest absolute Gasteiger partial charge is 0.325 e. The molecule has 3 rings (SSSR count). The molecular formula is C21H22N2OS.